The third-order valence-corrected chi connectivity index (χ3v) is 7.46. The van der Waals surface area contributed by atoms with Crippen LogP contribution >= 0.6 is 43.6 Å². The van der Waals surface area contributed by atoms with Gasteiger partial charge in [0, 0.05) is 15.6 Å². The lowest BCUT2D eigenvalue weighted by atomic mass is 10.2. The van der Waals surface area contributed by atoms with E-state index in [1.807, 2.05) is 42.1 Å². The van der Waals surface area contributed by atoms with E-state index in [0.717, 1.165) is 16.6 Å². The molecule has 0 spiro atoms. The fourth-order valence-corrected chi connectivity index (χ4v) is 5.44. The lowest BCUT2D eigenvalue weighted by Gasteiger charge is -2.02. The zero-order valence-electron chi connectivity index (χ0n) is 15.1. The first-order valence-corrected chi connectivity index (χ1v) is 13.3. The third-order valence-electron chi connectivity index (χ3n) is 3.42. The van der Waals surface area contributed by atoms with E-state index in [0.29, 0.717) is 17.3 Å². The van der Waals surface area contributed by atoms with E-state index in [2.05, 4.69) is 37.9 Å². The highest BCUT2D eigenvalue weighted by Gasteiger charge is 2.13. The summed E-state index contributed by atoms with van der Waals surface area (Å²) in [5.74, 6) is 1.25. The zero-order valence-corrected chi connectivity index (χ0v) is 19.9. The third kappa shape index (κ3) is 9.25. The molecule has 0 aliphatic carbocycles. The van der Waals surface area contributed by atoms with Crippen LogP contribution in [0.1, 0.15) is 24.0 Å². The minimum Gasteiger partial charge on any atom is -0.224 e. The SMILES string of the molecule is N#Cc1ccc(S(=O)(=O)CCCBr)cc1.N#Cc1ccc(SCCCBr)cc1. The first-order valence-electron chi connectivity index (χ1n) is 8.44. The van der Waals surface area contributed by atoms with Crippen molar-refractivity contribution in [3.8, 4) is 12.1 Å². The molecule has 2 aromatic carbocycles. The van der Waals surface area contributed by atoms with Crippen molar-refractivity contribution in [3.05, 3.63) is 59.7 Å². The molecule has 0 unspecified atom stereocenters. The molecule has 8 heteroatoms. The van der Waals surface area contributed by atoms with Crippen LogP contribution in [0.3, 0.4) is 0 Å². The van der Waals surface area contributed by atoms with Gasteiger partial charge >= 0.3 is 0 Å². The van der Waals surface area contributed by atoms with Crippen LogP contribution in [-0.2, 0) is 9.84 Å². The van der Waals surface area contributed by atoms with E-state index in [9.17, 15) is 8.42 Å². The summed E-state index contributed by atoms with van der Waals surface area (Å²) >= 11 is 8.40. The number of benzene rings is 2. The average Bonchev–Trinajstić information content (AvgIpc) is 2.73. The van der Waals surface area contributed by atoms with Gasteiger partial charge in [0.15, 0.2) is 9.84 Å². The van der Waals surface area contributed by atoms with Crippen LogP contribution in [0, 0.1) is 22.7 Å². The van der Waals surface area contributed by atoms with Crippen molar-refractivity contribution in [3.63, 3.8) is 0 Å². The highest BCUT2D eigenvalue weighted by Crippen LogP contribution is 2.19. The number of rotatable bonds is 8. The Kier molecular flexibility index (Phi) is 12.2. The molecule has 0 fully saturated rings. The Labute approximate surface area is 188 Å². The molecule has 28 heavy (non-hydrogen) atoms. The Morgan fingerprint density at radius 1 is 0.821 bits per heavy atom. The van der Waals surface area contributed by atoms with Crippen molar-refractivity contribution in [2.24, 2.45) is 0 Å². The normalized spacial score (nSPS) is 10.3. The second-order valence-electron chi connectivity index (χ2n) is 5.52. The summed E-state index contributed by atoms with van der Waals surface area (Å²) in [6.45, 7) is 0. The van der Waals surface area contributed by atoms with Gasteiger partial charge in [-0.15, -0.1) is 11.8 Å². The van der Waals surface area contributed by atoms with Crippen LogP contribution in [0.15, 0.2) is 58.3 Å². The van der Waals surface area contributed by atoms with Crippen molar-refractivity contribution in [2.75, 3.05) is 22.2 Å². The van der Waals surface area contributed by atoms with Gasteiger partial charge in [-0.25, -0.2) is 8.42 Å². The molecular weight excluding hydrogens is 524 g/mol. The zero-order chi connectivity index (χ0) is 20.8. The summed E-state index contributed by atoms with van der Waals surface area (Å²) in [6, 6.07) is 17.7. The van der Waals surface area contributed by atoms with Crippen LogP contribution in [0.25, 0.3) is 0 Å². The second kappa shape index (κ2) is 13.8. The van der Waals surface area contributed by atoms with Crippen LogP contribution in [0.2, 0.25) is 0 Å². The molecule has 0 saturated heterocycles. The molecule has 0 atom stereocenters. The first kappa shape index (κ1) is 24.7. The number of alkyl halides is 2. The lowest BCUT2D eigenvalue weighted by Crippen LogP contribution is -2.07. The van der Waals surface area contributed by atoms with Crippen LogP contribution in [-0.4, -0.2) is 30.6 Å². The second-order valence-corrected chi connectivity index (χ2v) is 10.4. The summed E-state index contributed by atoms with van der Waals surface area (Å²) in [6.07, 6.45) is 1.76. The van der Waals surface area contributed by atoms with Gasteiger partial charge in [0.05, 0.1) is 33.9 Å². The number of nitrogens with zero attached hydrogens (tertiary/aromatic N) is 2. The highest BCUT2D eigenvalue weighted by molar-refractivity contribution is 9.09. The smallest absolute Gasteiger partial charge is 0.178 e. The molecule has 0 radical (unpaired) electrons. The van der Waals surface area contributed by atoms with Gasteiger partial charge in [0.25, 0.3) is 0 Å². The van der Waals surface area contributed by atoms with Crippen molar-refractivity contribution in [2.45, 2.75) is 22.6 Å². The predicted molar refractivity (Wildman–Crippen MR) is 122 cm³/mol. The molecule has 0 bridgehead atoms. The number of sulfone groups is 1. The fraction of sp³-hybridized carbons (Fsp3) is 0.300. The molecule has 2 rings (SSSR count). The van der Waals surface area contributed by atoms with Gasteiger partial charge in [-0.05, 0) is 67.1 Å². The van der Waals surface area contributed by atoms with Crippen LogP contribution < -0.4 is 0 Å². The topological polar surface area (TPSA) is 81.7 Å². The molecule has 148 valence electrons. The van der Waals surface area contributed by atoms with E-state index in [1.54, 1.807) is 0 Å². The monoisotopic (exact) mass is 542 g/mol. The maximum absolute atomic E-state index is 11.7. The predicted octanol–water partition coefficient (Wildman–Crippen LogP) is 5.55. The summed E-state index contributed by atoms with van der Waals surface area (Å²) < 4.78 is 23.4. The number of hydrogen-bond acceptors (Lipinski definition) is 5. The number of halogens is 2. The molecule has 0 heterocycles. The van der Waals surface area contributed by atoms with Crippen LogP contribution in [0.4, 0.5) is 0 Å². The maximum Gasteiger partial charge on any atom is 0.178 e. The highest BCUT2D eigenvalue weighted by atomic mass is 79.9. The minimum absolute atomic E-state index is 0.129. The van der Waals surface area contributed by atoms with Crippen molar-refractivity contribution in [1.29, 1.82) is 10.5 Å². The molecule has 0 saturated carbocycles. The standard InChI is InChI=1S/C10H10BrNO2S.C10H10BrNS/c11-6-1-7-15(13,14)10-4-2-9(8-12)3-5-10;11-6-1-7-13-10-4-2-9(8-12)3-5-10/h2-5H,1,6-7H2;2-5H,1,6-7H2. The summed E-state index contributed by atoms with van der Waals surface area (Å²) in [5, 5.41) is 18.9. The van der Waals surface area contributed by atoms with Gasteiger partial charge in [-0.3, -0.25) is 0 Å². The summed E-state index contributed by atoms with van der Waals surface area (Å²) in [5.41, 5.74) is 1.19. The Morgan fingerprint density at radius 2 is 1.32 bits per heavy atom. The van der Waals surface area contributed by atoms with Gasteiger partial charge in [0.1, 0.15) is 0 Å². The van der Waals surface area contributed by atoms with Crippen molar-refractivity contribution < 1.29 is 8.42 Å². The Hall–Kier alpha value is -1.32. The molecule has 0 aromatic heterocycles. The van der Waals surface area contributed by atoms with E-state index >= 15 is 0 Å². The Morgan fingerprint density at radius 3 is 1.79 bits per heavy atom. The Bertz CT molecular complexity index is 901. The van der Waals surface area contributed by atoms with Gasteiger partial charge in [0.2, 0.25) is 0 Å². The molecule has 0 aliphatic rings. The lowest BCUT2D eigenvalue weighted by molar-refractivity contribution is 0.595. The summed E-state index contributed by atoms with van der Waals surface area (Å²) in [7, 11) is -3.19. The van der Waals surface area contributed by atoms with Crippen LogP contribution in [0.5, 0.6) is 0 Å². The quantitative estimate of drug-likeness (QED) is 0.247. The molecular formula is C20H20Br2N2O2S2. The number of thioether (sulfide) groups is 1. The average molecular weight is 544 g/mol. The first-order chi connectivity index (χ1) is 13.5. The largest absolute Gasteiger partial charge is 0.224 e. The van der Waals surface area contributed by atoms with E-state index in [4.69, 9.17) is 10.5 Å². The van der Waals surface area contributed by atoms with Gasteiger partial charge < -0.3 is 0 Å². The van der Waals surface area contributed by atoms with Crippen molar-refractivity contribution >= 4 is 53.5 Å². The van der Waals surface area contributed by atoms with Gasteiger partial charge in [-0.2, -0.15) is 10.5 Å². The number of nitriles is 2. The molecule has 0 amide bonds. The Balaban J connectivity index is 0.000000283. The van der Waals surface area contributed by atoms with E-state index < -0.39 is 9.84 Å². The minimum atomic E-state index is -3.19. The number of hydrogen-bond donors (Lipinski definition) is 0. The van der Waals surface area contributed by atoms with E-state index in [-0.39, 0.29) is 10.6 Å². The van der Waals surface area contributed by atoms with E-state index in [1.165, 1.54) is 35.6 Å². The molecule has 0 N–H and O–H groups in total. The fourth-order valence-electron chi connectivity index (χ4n) is 1.97. The molecule has 4 nitrogen and oxygen atoms in total. The maximum atomic E-state index is 11.7. The molecule has 0 aliphatic heterocycles. The van der Waals surface area contributed by atoms with Crippen molar-refractivity contribution in [1.82, 2.24) is 0 Å². The summed E-state index contributed by atoms with van der Waals surface area (Å²) in [4.78, 5) is 1.52. The van der Waals surface area contributed by atoms with Gasteiger partial charge in [-0.1, -0.05) is 31.9 Å². The molecule has 2 aromatic rings.